The molecular weight excluding hydrogens is 324 g/mol. The number of hydrogen-bond acceptors (Lipinski definition) is 3. The average Bonchev–Trinajstić information content (AvgIpc) is 3.42. The lowest BCUT2D eigenvalue weighted by atomic mass is 10.1. The monoisotopic (exact) mass is 352 g/mol. The van der Waals surface area contributed by atoms with Gasteiger partial charge in [0.1, 0.15) is 5.69 Å². The summed E-state index contributed by atoms with van der Waals surface area (Å²) >= 11 is 0. The Labute approximate surface area is 155 Å². The molecule has 138 valence electrons. The summed E-state index contributed by atoms with van der Waals surface area (Å²) in [6.45, 7) is 4.85. The molecule has 1 aliphatic carbocycles. The highest BCUT2D eigenvalue weighted by molar-refractivity contribution is 5.92. The molecule has 1 saturated carbocycles. The number of aromatic nitrogens is 2. The third-order valence-electron chi connectivity index (χ3n) is 5.51. The zero-order chi connectivity index (χ0) is 17.9. The van der Waals surface area contributed by atoms with Crippen LogP contribution in [0.1, 0.15) is 60.3 Å². The van der Waals surface area contributed by atoms with Gasteiger partial charge in [0, 0.05) is 25.3 Å². The smallest absolute Gasteiger partial charge is 0.274 e. The summed E-state index contributed by atoms with van der Waals surface area (Å²) in [6, 6.07) is 11.2. The number of rotatable bonds is 6. The van der Waals surface area contributed by atoms with Crippen molar-refractivity contribution in [1.82, 2.24) is 20.0 Å². The van der Waals surface area contributed by atoms with Crippen molar-refractivity contribution in [3.63, 3.8) is 0 Å². The fourth-order valence-electron chi connectivity index (χ4n) is 3.69. The van der Waals surface area contributed by atoms with E-state index in [9.17, 15) is 4.79 Å². The van der Waals surface area contributed by atoms with Crippen molar-refractivity contribution in [2.75, 3.05) is 13.1 Å². The first-order valence-electron chi connectivity index (χ1n) is 9.89. The van der Waals surface area contributed by atoms with Gasteiger partial charge < -0.3 is 10.2 Å². The molecule has 26 heavy (non-hydrogen) atoms. The van der Waals surface area contributed by atoms with Gasteiger partial charge in [0.05, 0.1) is 6.04 Å². The van der Waals surface area contributed by atoms with E-state index in [1.54, 1.807) is 0 Å². The summed E-state index contributed by atoms with van der Waals surface area (Å²) in [5.74, 6) is 0.0644. The Morgan fingerprint density at radius 3 is 2.62 bits per heavy atom. The molecule has 0 spiro atoms. The Bertz CT molecular complexity index is 742. The number of benzene rings is 1. The van der Waals surface area contributed by atoms with Gasteiger partial charge in [0.25, 0.3) is 5.91 Å². The van der Waals surface area contributed by atoms with Crippen LogP contribution in [0.2, 0.25) is 0 Å². The maximum absolute atomic E-state index is 13.1. The first-order valence-corrected chi connectivity index (χ1v) is 9.89. The second-order valence-electron chi connectivity index (χ2n) is 7.52. The predicted molar refractivity (Wildman–Crippen MR) is 102 cm³/mol. The Morgan fingerprint density at radius 1 is 1.19 bits per heavy atom. The lowest BCUT2D eigenvalue weighted by molar-refractivity contribution is 0.0722. The van der Waals surface area contributed by atoms with Crippen molar-refractivity contribution in [3.05, 3.63) is 53.3 Å². The predicted octanol–water partition coefficient (Wildman–Crippen LogP) is 3.17. The lowest BCUT2D eigenvalue weighted by Gasteiger charge is -2.23. The van der Waals surface area contributed by atoms with E-state index in [0.717, 1.165) is 45.2 Å². The van der Waals surface area contributed by atoms with Crippen LogP contribution in [0, 0.1) is 0 Å². The number of aryl methyl sites for hydroxylation is 1. The molecule has 2 fully saturated rings. The van der Waals surface area contributed by atoms with Gasteiger partial charge in [-0.15, -0.1) is 0 Å². The summed E-state index contributed by atoms with van der Waals surface area (Å²) in [7, 11) is 0. The molecule has 1 unspecified atom stereocenters. The summed E-state index contributed by atoms with van der Waals surface area (Å²) in [6.07, 6.45) is 7.50. The highest BCUT2D eigenvalue weighted by Gasteiger charge is 2.34. The second-order valence-corrected chi connectivity index (χ2v) is 7.52. The van der Waals surface area contributed by atoms with Crippen molar-refractivity contribution in [1.29, 1.82) is 0 Å². The number of hydrogen-bond donors (Lipinski definition) is 1. The molecule has 2 aliphatic rings. The average molecular weight is 352 g/mol. The normalized spacial score (nSPS) is 20.1. The third-order valence-corrected chi connectivity index (χ3v) is 5.51. The van der Waals surface area contributed by atoms with E-state index in [2.05, 4.69) is 41.6 Å². The maximum Gasteiger partial charge on any atom is 0.274 e. The van der Waals surface area contributed by atoms with Crippen molar-refractivity contribution in [2.24, 2.45) is 0 Å². The van der Waals surface area contributed by atoms with Gasteiger partial charge in [-0.05, 0) is 55.8 Å². The first-order chi connectivity index (χ1) is 12.7. The summed E-state index contributed by atoms with van der Waals surface area (Å²) in [4.78, 5) is 15.1. The highest BCUT2D eigenvalue weighted by Crippen LogP contribution is 2.30. The van der Waals surface area contributed by atoms with Crippen LogP contribution in [-0.4, -0.2) is 39.7 Å². The van der Waals surface area contributed by atoms with Crippen molar-refractivity contribution in [3.8, 4) is 0 Å². The quantitative estimate of drug-likeness (QED) is 0.869. The van der Waals surface area contributed by atoms with Crippen LogP contribution in [0.5, 0.6) is 0 Å². The molecule has 1 aromatic carbocycles. The first kappa shape index (κ1) is 17.3. The molecule has 0 bridgehead atoms. The van der Waals surface area contributed by atoms with Crippen LogP contribution in [0.15, 0.2) is 36.5 Å². The molecule has 1 aliphatic heterocycles. The fourth-order valence-corrected chi connectivity index (χ4v) is 3.69. The molecule has 2 aromatic rings. The van der Waals surface area contributed by atoms with Gasteiger partial charge in [-0.1, -0.05) is 31.2 Å². The minimum Gasteiger partial charge on any atom is -0.330 e. The molecule has 1 N–H and O–H groups in total. The Balaban J connectivity index is 1.47. The van der Waals surface area contributed by atoms with E-state index >= 15 is 0 Å². The van der Waals surface area contributed by atoms with Crippen LogP contribution in [-0.2, 0) is 13.0 Å². The molecule has 1 saturated heterocycles. The van der Waals surface area contributed by atoms with Crippen LogP contribution in [0.4, 0.5) is 0 Å². The molecule has 5 nitrogen and oxygen atoms in total. The largest absolute Gasteiger partial charge is 0.330 e. The summed E-state index contributed by atoms with van der Waals surface area (Å²) < 4.78 is 1.97. The Hall–Kier alpha value is -2.14. The van der Waals surface area contributed by atoms with Crippen LogP contribution in [0.25, 0.3) is 0 Å². The highest BCUT2D eigenvalue weighted by atomic mass is 16.2. The Morgan fingerprint density at radius 2 is 1.96 bits per heavy atom. The summed E-state index contributed by atoms with van der Waals surface area (Å²) in [5.41, 5.74) is 3.10. The number of carbonyl (C=O) groups is 1. The minimum absolute atomic E-state index is 0.0644. The van der Waals surface area contributed by atoms with E-state index in [4.69, 9.17) is 0 Å². The molecule has 2 heterocycles. The standard InChI is InChI=1S/C21H28N4O/c1-2-16-5-7-17(8-6-16)15-24(18-9-10-18)21(26)20-11-13-25(23-20)19-4-3-12-22-14-19/h5-8,11,13,18-19,22H,2-4,9-10,12,14-15H2,1H3. The van der Waals surface area contributed by atoms with Crippen LogP contribution in [0.3, 0.4) is 0 Å². The molecule has 1 atom stereocenters. The number of carbonyl (C=O) groups excluding carboxylic acids is 1. The van der Waals surface area contributed by atoms with Gasteiger partial charge in [0.2, 0.25) is 0 Å². The SMILES string of the molecule is CCc1ccc(CN(C(=O)c2ccn(C3CCCNC3)n2)C2CC2)cc1. The summed E-state index contributed by atoms with van der Waals surface area (Å²) in [5, 5.41) is 8.03. The maximum atomic E-state index is 13.1. The molecule has 1 amide bonds. The molecule has 1 aromatic heterocycles. The van der Waals surface area contributed by atoms with Crippen molar-refractivity contribution in [2.45, 2.75) is 57.7 Å². The number of amides is 1. The van der Waals surface area contributed by atoms with E-state index in [1.165, 1.54) is 11.1 Å². The molecule has 5 heteroatoms. The van der Waals surface area contributed by atoms with Gasteiger partial charge in [0.15, 0.2) is 0 Å². The molecule has 0 radical (unpaired) electrons. The van der Waals surface area contributed by atoms with Gasteiger partial charge in [-0.2, -0.15) is 5.10 Å². The van der Waals surface area contributed by atoms with Gasteiger partial charge in [-0.3, -0.25) is 9.48 Å². The van der Waals surface area contributed by atoms with E-state index in [-0.39, 0.29) is 5.91 Å². The van der Waals surface area contributed by atoms with Gasteiger partial charge in [-0.25, -0.2) is 0 Å². The third kappa shape index (κ3) is 3.83. The fraction of sp³-hybridized carbons (Fsp3) is 0.524. The van der Waals surface area contributed by atoms with Gasteiger partial charge >= 0.3 is 0 Å². The van der Waals surface area contributed by atoms with E-state index in [1.807, 2.05) is 21.8 Å². The zero-order valence-electron chi connectivity index (χ0n) is 15.5. The lowest BCUT2D eigenvalue weighted by Crippen LogP contribution is -2.34. The molecular formula is C21H28N4O. The van der Waals surface area contributed by atoms with E-state index in [0.29, 0.717) is 24.3 Å². The van der Waals surface area contributed by atoms with E-state index < -0.39 is 0 Å². The topological polar surface area (TPSA) is 50.2 Å². The van der Waals surface area contributed by atoms with Crippen LogP contribution < -0.4 is 5.32 Å². The minimum atomic E-state index is 0.0644. The Kier molecular flexibility index (Phi) is 5.07. The second kappa shape index (κ2) is 7.62. The number of nitrogens with zero attached hydrogens (tertiary/aromatic N) is 3. The van der Waals surface area contributed by atoms with Crippen molar-refractivity contribution >= 4 is 5.91 Å². The number of piperidine rings is 1. The zero-order valence-corrected chi connectivity index (χ0v) is 15.5. The van der Waals surface area contributed by atoms with Crippen molar-refractivity contribution < 1.29 is 4.79 Å². The number of nitrogens with one attached hydrogen (secondary N) is 1. The van der Waals surface area contributed by atoms with Crippen LogP contribution >= 0.6 is 0 Å². The molecule has 4 rings (SSSR count).